The summed E-state index contributed by atoms with van der Waals surface area (Å²) in [5.74, 6) is 1.67. The van der Waals surface area contributed by atoms with E-state index in [1.165, 1.54) is 27.1 Å². The van der Waals surface area contributed by atoms with Gasteiger partial charge < -0.3 is 8.80 Å². The Hall–Kier alpha value is -9.59. The third kappa shape index (κ3) is 4.99. The predicted octanol–water partition coefficient (Wildman–Crippen LogP) is 15.7. The second kappa shape index (κ2) is 14.0. The summed E-state index contributed by atoms with van der Waals surface area (Å²) in [4.78, 5) is 16.5. The molecule has 0 N–H and O–H groups in total. The van der Waals surface area contributed by atoms with E-state index in [0.717, 1.165) is 98.3 Å². The molecule has 16 rings (SSSR count). The van der Waals surface area contributed by atoms with Gasteiger partial charge in [0.05, 0.1) is 55.2 Å². The molecular formula is C63H37N7. The number of fused-ring (bicyclic) bond motifs is 18. The summed E-state index contributed by atoms with van der Waals surface area (Å²) in [6.45, 7) is 0. The first-order valence-corrected chi connectivity index (χ1v) is 23.8. The van der Waals surface area contributed by atoms with Crippen molar-refractivity contribution in [1.82, 2.24) is 32.9 Å². The van der Waals surface area contributed by atoms with Crippen molar-refractivity contribution in [3.63, 3.8) is 0 Å². The summed E-state index contributed by atoms with van der Waals surface area (Å²) in [6, 6.07) is 81.0. The van der Waals surface area contributed by atoms with Gasteiger partial charge in [0.1, 0.15) is 0 Å². The Kier molecular flexibility index (Phi) is 7.49. The molecule has 0 aliphatic carbocycles. The second-order valence-corrected chi connectivity index (χ2v) is 18.4. The van der Waals surface area contributed by atoms with Gasteiger partial charge in [0.2, 0.25) is 11.9 Å². The van der Waals surface area contributed by atoms with Crippen molar-refractivity contribution in [2.45, 2.75) is 0 Å². The quantitative estimate of drug-likeness (QED) is 0.178. The summed E-state index contributed by atoms with van der Waals surface area (Å²) in [5, 5.41) is 13.9. The van der Waals surface area contributed by atoms with Crippen LogP contribution in [-0.4, -0.2) is 32.9 Å². The lowest BCUT2D eigenvalue weighted by atomic mass is 10.00. The fourth-order valence-corrected chi connectivity index (χ4v) is 11.9. The molecule has 0 aliphatic heterocycles. The molecule has 10 aromatic carbocycles. The van der Waals surface area contributed by atoms with E-state index < -0.39 is 0 Å². The van der Waals surface area contributed by atoms with Gasteiger partial charge in [0.25, 0.3) is 0 Å². The lowest BCUT2D eigenvalue weighted by molar-refractivity contribution is 0.893. The SMILES string of the molecule is c1ccc2c(c1)c1ccccc1n2-c1nc(-c2ccc3c(c2)c2cccc4c5ccccc5n(c5cccc6c7ccccc7n(c7ccccc37)c65)c24)nc(-n2c3ccccc3c3ccccc32)n1. The first kappa shape index (κ1) is 37.5. The van der Waals surface area contributed by atoms with Gasteiger partial charge in [-0.25, -0.2) is 0 Å². The number of nitrogens with zero attached hydrogens (tertiary/aromatic N) is 7. The zero-order valence-electron chi connectivity index (χ0n) is 37.5. The highest BCUT2D eigenvalue weighted by atomic mass is 15.3. The molecule has 0 bridgehead atoms. The molecule has 7 nitrogen and oxygen atoms in total. The van der Waals surface area contributed by atoms with E-state index in [2.05, 4.69) is 242 Å². The minimum atomic E-state index is 0.548. The lowest BCUT2D eigenvalue weighted by Gasteiger charge is -2.14. The van der Waals surface area contributed by atoms with E-state index in [-0.39, 0.29) is 0 Å². The van der Waals surface area contributed by atoms with Crippen molar-refractivity contribution in [2.24, 2.45) is 0 Å². The van der Waals surface area contributed by atoms with Crippen LogP contribution in [-0.2, 0) is 0 Å². The van der Waals surface area contributed by atoms with E-state index in [4.69, 9.17) is 15.0 Å². The summed E-state index contributed by atoms with van der Waals surface area (Å²) in [7, 11) is 0. The van der Waals surface area contributed by atoms with Gasteiger partial charge >= 0.3 is 0 Å². The van der Waals surface area contributed by atoms with Crippen molar-refractivity contribution in [1.29, 1.82) is 0 Å². The Morgan fingerprint density at radius 1 is 0.229 bits per heavy atom. The van der Waals surface area contributed by atoms with Gasteiger partial charge in [-0.3, -0.25) is 9.13 Å². The van der Waals surface area contributed by atoms with Crippen molar-refractivity contribution < 1.29 is 0 Å². The van der Waals surface area contributed by atoms with Crippen LogP contribution in [0.1, 0.15) is 0 Å². The number of aromatic nitrogens is 7. The Bertz CT molecular complexity index is 4730. The maximum atomic E-state index is 5.51. The number of hydrogen-bond donors (Lipinski definition) is 0. The zero-order chi connectivity index (χ0) is 45.6. The predicted molar refractivity (Wildman–Crippen MR) is 290 cm³/mol. The maximum absolute atomic E-state index is 5.51. The molecule has 0 unspecified atom stereocenters. The molecule has 324 valence electrons. The van der Waals surface area contributed by atoms with Crippen LogP contribution in [0.15, 0.2) is 224 Å². The number of para-hydroxylation sites is 9. The van der Waals surface area contributed by atoms with E-state index >= 15 is 0 Å². The van der Waals surface area contributed by atoms with Crippen LogP contribution in [0, 0.1) is 0 Å². The van der Waals surface area contributed by atoms with Crippen LogP contribution in [0.2, 0.25) is 0 Å². The van der Waals surface area contributed by atoms with Crippen LogP contribution in [0.25, 0.3) is 143 Å². The van der Waals surface area contributed by atoms with Gasteiger partial charge in [-0.2, -0.15) is 15.0 Å². The van der Waals surface area contributed by atoms with Crippen LogP contribution < -0.4 is 0 Å². The molecule has 16 aromatic rings. The standard InChI is InChI=1S/C63H37N7/c1-8-27-51-40(17-1)39-36-35-38(37-50(39)49-25-15-24-47-45-22-6-10-29-53(45)68(59(47)49)58-34-16-26-48-46-23-7-9-28-52(46)67(51)60(48)58)61-64-62(69-54-30-11-2-18-41(54)42-19-3-12-31-55(42)69)66-63(65-61)70-56-32-13-4-20-43(56)44-21-5-14-33-57(44)70/h1-37H. The van der Waals surface area contributed by atoms with Crippen LogP contribution >= 0.6 is 0 Å². The fraction of sp³-hybridized carbons (Fsp3) is 0. The monoisotopic (exact) mass is 891 g/mol. The minimum absolute atomic E-state index is 0.548. The average molecular weight is 892 g/mol. The van der Waals surface area contributed by atoms with Crippen molar-refractivity contribution in [3.8, 4) is 23.3 Å². The zero-order valence-corrected chi connectivity index (χ0v) is 37.5. The Balaban J connectivity index is 1.10. The maximum Gasteiger partial charge on any atom is 0.240 e. The first-order chi connectivity index (χ1) is 34.8. The highest BCUT2D eigenvalue weighted by molar-refractivity contribution is 6.25. The minimum Gasteiger partial charge on any atom is -0.307 e. The number of hydrogen-bond acceptors (Lipinski definition) is 3. The summed E-state index contributed by atoms with van der Waals surface area (Å²) in [5.41, 5.74) is 11.9. The largest absolute Gasteiger partial charge is 0.307 e. The number of benzene rings is 10. The molecule has 6 aromatic heterocycles. The van der Waals surface area contributed by atoms with Gasteiger partial charge in [0.15, 0.2) is 5.82 Å². The molecule has 0 saturated heterocycles. The molecule has 0 atom stereocenters. The summed E-state index contributed by atoms with van der Waals surface area (Å²) < 4.78 is 9.39. The topological polar surface area (TPSA) is 57.4 Å². The molecule has 0 radical (unpaired) electrons. The molecule has 0 amide bonds. The first-order valence-electron chi connectivity index (χ1n) is 23.8. The third-order valence-corrected chi connectivity index (χ3v) is 14.8. The molecule has 7 heteroatoms. The van der Waals surface area contributed by atoms with Gasteiger partial charge in [-0.05, 0) is 65.4 Å². The highest BCUT2D eigenvalue weighted by Crippen LogP contribution is 2.42. The Labute approximate surface area is 398 Å². The fourth-order valence-electron chi connectivity index (χ4n) is 11.9. The molecular weight excluding hydrogens is 855 g/mol. The number of rotatable bonds is 3. The lowest BCUT2D eigenvalue weighted by Crippen LogP contribution is -2.10. The van der Waals surface area contributed by atoms with Crippen molar-refractivity contribution in [2.75, 3.05) is 0 Å². The molecule has 70 heavy (non-hydrogen) atoms. The smallest absolute Gasteiger partial charge is 0.240 e. The van der Waals surface area contributed by atoms with Crippen LogP contribution in [0.3, 0.4) is 0 Å². The van der Waals surface area contributed by atoms with Gasteiger partial charge in [-0.15, -0.1) is 0 Å². The third-order valence-electron chi connectivity index (χ3n) is 14.8. The van der Waals surface area contributed by atoms with Crippen LogP contribution in [0.4, 0.5) is 0 Å². The van der Waals surface area contributed by atoms with E-state index in [1.54, 1.807) is 0 Å². The Morgan fingerprint density at radius 3 is 1.03 bits per heavy atom. The van der Waals surface area contributed by atoms with Gasteiger partial charge in [-0.1, -0.05) is 170 Å². The van der Waals surface area contributed by atoms with Crippen molar-refractivity contribution >= 4 is 120 Å². The highest BCUT2D eigenvalue weighted by Gasteiger charge is 2.22. The molecule has 0 saturated carbocycles. The van der Waals surface area contributed by atoms with E-state index in [1.807, 2.05) is 0 Å². The van der Waals surface area contributed by atoms with E-state index in [9.17, 15) is 0 Å². The molecule has 0 spiro atoms. The summed E-state index contributed by atoms with van der Waals surface area (Å²) >= 11 is 0. The molecule has 6 heterocycles. The van der Waals surface area contributed by atoms with Crippen LogP contribution in [0.5, 0.6) is 0 Å². The molecule has 0 fully saturated rings. The second-order valence-electron chi connectivity index (χ2n) is 18.4. The summed E-state index contributed by atoms with van der Waals surface area (Å²) in [6.07, 6.45) is 0. The van der Waals surface area contributed by atoms with Gasteiger partial charge in [0, 0.05) is 59.4 Å². The normalized spacial score (nSPS) is 12.3. The van der Waals surface area contributed by atoms with Crippen molar-refractivity contribution in [3.05, 3.63) is 224 Å². The average Bonchev–Trinajstić information content (AvgIpc) is 4.16. The van der Waals surface area contributed by atoms with E-state index in [0.29, 0.717) is 17.7 Å². The molecule has 0 aliphatic rings. The Morgan fingerprint density at radius 2 is 0.557 bits per heavy atom.